The molecule has 17 heteroatoms. The fraction of sp³-hybridized carbons (Fsp3) is 0.930. The molecule has 3 fully saturated rings. The largest absolute Gasteiger partial charge is 0.459 e. The summed E-state index contributed by atoms with van der Waals surface area (Å²) in [6.45, 7) is 21.3. The second kappa shape index (κ2) is 20.6. The number of aliphatic hydroxyl groups excluding tert-OH is 3. The van der Waals surface area contributed by atoms with Crippen molar-refractivity contribution in [2.45, 2.75) is 206 Å². The highest BCUT2D eigenvalue weighted by molar-refractivity contribution is 5.89. The van der Waals surface area contributed by atoms with E-state index in [1.165, 1.54) is 14.0 Å². The van der Waals surface area contributed by atoms with E-state index >= 15 is 0 Å². The molecule has 0 bridgehead atoms. The van der Waals surface area contributed by atoms with Crippen molar-refractivity contribution >= 4 is 17.7 Å². The number of cyclic esters (lactones) is 1. The van der Waals surface area contributed by atoms with Gasteiger partial charge in [-0.3, -0.25) is 4.79 Å². The normalized spacial score (nSPS) is 44.9. The van der Waals surface area contributed by atoms with Crippen molar-refractivity contribution in [3.8, 4) is 0 Å². The van der Waals surface area contributed by atoms with E-state index in [1.54, 1.807) is 76.2 Å². The Morgan fingerprint density at radius 2 is 1.55 bits per heavy atom. The van der Waals surface area contributed by atoms with Gasteiger partial charge in [0.1, 0.15) is 29.5 Å². The highest BCUT2D eigenvalue weighted by Gasteiger charge is 2.53. The number of carbonyl (C=O) groups excluding carboxylic acids is 2. The summed E-state index contributed by atoms with van der Waals surface area (Å²) < 4.78 is 43.0. The summed E-state index contributed by atoms with van der Waals surface area (Å²) in [5.41, 5.74) is -5.52. The van der Waals surface area contributed by atoms with Gasteiger partial charge in [-0.05, 0) is 95.7 Å². The van der Waals surface area contributed by atoms with Crippen molar-refractivity contribution in [2.24, 2.45) is 28.8 Å². The first-order valence-electron chi connectivity index (χ1n) is 21.5. The third-order valence-corrected chi connectivity index (χ3v) is 12.6. The van der Waals surface area contributed by atoms with Crippen LogP contribution in [0.5, 0.6) is 0 Å². The van der Waals surface area contributed by atoms with Crippen LogP contribution < -0.4 is 0 Å². The number of esters is 2. The monoisotopic (exact) mass is 863 g/mol. The number of hydrogen-bond donors (Lipinski definition) is 5. The third kappa shape index (κ3) is 12.6. The molecule has 3 heterocycles. The molecule has 0 aliphatic carbocycles. The standard InChI is InChI=1S/C43H78N2O15/c1-17-29-43(13,52)35(48)24(4)32(44-54-21-30(46)60-40(8,9)10)22(2)19-41(11,51)37(59-39-33(47)28(45(14)15)18-23(3)55-39)25(5)34(26(6)38(50)57-29)58-31-20-42(12,53-16)36(49)27(7)56-31/h22-29,31,33-37,39,47-49,51-52H,17-21H2,1-16H3/b44-32+/t22-,23-,24+,25+,26-,27+,28+,29?,31+,33-,34?,35-,36+,37-,39+,41-,42-,43-/m1/s1. The lowest BCUT2D eigenvalue weighted by atomic mass is 9.73. The van der Waals surface area contributed by atoms with Gasteiger partial charge in [0.2, 0.25) is 6.61 Å². The maximum Gasteiger partial charge on any atom is 0.347 e. The van der Waals surface area contributed by atoms with Crippen molar-refractivity contribution in [1.29, 1.82) is 0 Å². The summed E-state index contributed by atoms with van der Waals surface area (Å²) in [5.74, 6) is -5.10. The Morgan fingerprint density at radius 3 is 2.10 bits per heavy atom. The Balaban J connectivity index is 2.24. The summed E-state index contributed by atoms with van der Waals surface area (Å²) in [5, 5.41) is 63.6. The molecule has 0 amide bonds. The molecule has 60 heavy (non-hydrogen) atoms. The minimum absolute atomic E-state index is 0.0743. The van der Waals surface area contributed by atoms with Crippen LogP contribution in [0.1, 0.15) is 116 Å². The van der Waals surface area contributed by atoms with Crippen LogP contribution in [-0.2, 0) is 47.6 Å². The molecule has 0 spiro atoms. The molecule has 18 atom stereocenters. The van der Waals surface area contributed by atoms with Crippen molar-refractivity contribution in [1.82, 2.24) is 4.90 Å². The molecule has 17 nitrogen and oxygen atoms in total. The van der Waals surface area contributed by atoms with E-state index in [9.17, 15) is 35.1 Å². The Labute approximate surface area is 357 Å². The van der Waals surface area contributed by atoms with E-state index < -0.39 is 120 Å². The Hall–Kier alpha value is -2.03. The molecule has 0 aromatic heterocycles. The Bertz CT molecular complexity index is 1440. The van der Waals surface area contributed by atoms with Gasteiger partial charge in [0.05, 0.1) is 53.4 Å². The molecule has 3 saturated heterocycles. The van der Waals surface area contributed by atoms with Crippen LogP contribution in [-0.4, -0.2) is 166 Å². The number of rotatable bonds is 10. The zero-order chi connectivity index (χ0) is 45.9. The number of carbonyl (C=O) groups is 2. The van der Waals surface area contributed by atoms with E-state index in [1.807, 2.05) is 25.9 Å². The Kier molecular flexibility index (Phi) is 18.0. The van der Waals surface area contributed by atoms with E-state index in [-0.39, 0.29) is 37.1 Å². The van der Waals surface area contributed by atoms with Gasteiger partial charge in [-0.2, -0.15) is 0 Å². The lowest BCUT2D eigenvalue weighted by molar-refractivity contribution is -0.317. The molecule has 0 aromatic carbocycles. The number of hydrogen-bond acceptors (Lipinski definition) is 17. The van der Waals surface area contributed by atoms with Crippen LogP contribution in [0.15, 0.2) is 5.16 Å². The van der Waals surface area contributed by atoms with Gasteiger partial charge in [0.25, 0.3) is 0 Å². The Morgan fingerprint density at radius 1 is 0.933 bits per heavy atom. The van der Waals surface area contributed by atoms with Crippen LogP contribution in [0, 0.1) is 23.7 Å². The molecule has 3 aliphatic rings. The SMILES string of the molecule is CCC1OC(=O)[C@H](C)C(O[C@H]2C[C@@](C)(OC)[C@@H](O)[C@H](C)O2)[C@H](C)[C@@H](O[C@@H]2O[C@H](C)C[C@H](N(C)C)[C@H]2O)[C@](C)(O)C[C@@H](C)/C(=N\OCC(=O)OC(C)(C)C)[C@H](C)[C@@H](O)[C@]1(C)O. The molecule has 350 valence electrons. The van der Waals surface area contributed by atoms with Gasteiger partial charge in [-0.15, -0.1) is 0 Å². The highest BCUT2D eigenvalue weighted by atomic mass is 16.7. The zero-order valence-corrected chi connectivity index (χ0v) is 38.9. The van der Waals surface area contributed by atoms with Crippen LogP contribution in [0.4, 0.5) is 0 Å². The van der Waals surface area contributed by atoms with E-state index in [0.717, 1.165) is 0 Å². The fourth-order valence-corrected chi connectivity index (χ4v) is 9.12. The number of likely N-dealkylation sites (N-methyl/N-ethyl adjacent to an activating group) is 1. The average molecular weight is 863 g/mol. The molecule has 0 saturated carbocycles. The second-order valence-electron chi connectivity index (χ2n) is 19.4. The minimum Gasteiger partial charge on any atom is -0.459 e. The topological polar surface area (TPSA) is 225 Å². The number of aliphatic hydroxyl groups is 5. The number of methoxy groups -OCH3 is 1. The molecule has 0 radical (unpaired) electrons. The van der Waals surface area contributed by atoms with Crippen LogP contribution >= 0.6 is 0 Å². The van der Waals surface area contributed by atoms with Crippen molar-refractivity contribution in [2.75, 3.05) is 27.8 Å². The smallest absolute Gasteiger partial charge is 0.347 e. The van der Waals surface area contributed by atoms with E-state index in [4.69, 9.17) is 38.0 Å². The van der Waals surface area contributed by atoms with Crippen molar-refractivity contribution in [3.63, 3.8) is 0 Å². The van der Waals surface area contributed by atoms with Gasteiger partial charge in [0.15, 0.2) is 12.6 Å². The molecular weight excluding hydrogens is 784 g/mol. The van der Waals surface area contributed by atoms with E-state index in [2.05, 4.69) is 5.16 Å². The molecule has 5 N–H and O–H groups in total. The quantitative estimate of drug-likeness (QED) is 0.157. The van der Waals surface area contributed by atoms with Crippen molar-refractivity contribution < 1.29 is 73.1 Å². The highest BCUT2D eigenvalue weighted by Crippen LogP contribution is 2.41. The van der Waals surface area contributed by atoms with Gasteiger partial charge in [0, 0.05) is 37.3 Å². The van der Waals surface area contributed by atoms with E-state index in [0.29, 0.717) is 6.42 Å². The molecule has 0 aromatic rings. The lowest BCUT2D eigenvalue weighted by Gasteiger charge is -2.49. The minimum atomic E-state index is -2.03. The first-order valence-corrected chi connectivity index (χ1v) is 21.5. The number of nitrogens with zero attached hydrogens (tertiary/aromatic N) is 2. The maximum absolute atomic E-state index is 14.4. The first-order chi connectivity index (χ1) is 27.5. The summed E-state index contributed by atoms with van der Waals surface area (Å²) in [7, 11) is 5.18. The summed E-state index contributed by atoms with van der Waals surface area (Å²) in [6.07, 6.45) is -9.98. The fourth-order valence-electron chi connectivity index (χ4n) is 9.12. The summed E-state index contributed by atoms with van der Waals surface area (Å²) in [6, 6.07) is -0.352. The first kappa shape index (κ1) is 52.3. The zero-order valence-electron chi connectivity index (χ0n) is 38.9. The maximum atomic E-state index is 14.4. The third-order valence-electron chi connectivity index (χ3n) is 12.6. The molecule has 3 aliphatic heterocycles. The van der Waals surface area contributed by atoms with Gasteiger partial charge in [-0.25, -0.2) is 4.79 Å². The van der Waals surface area contributed by atoms with Crippen molar-refractivity contribution in [3.05, 3.63) is 0 Å². The molecular formula is C43H78N2O15. The predicted octanol–water partition coefficient (Wildman–Crippen LogP) is 2.93. The molecule has 3 rings (SSSR count). The lowest BCUT2D eigenvalue weighted by Crippen LogP contribution is -2.61. The molecule has 2 unspecified atom stereocenters. The van der Waals surface area contributed by atoms with Gasteiger partial charge in [-0.1, -0.05) is 32.9 Å². The van der Waals surface area contributed by atoms with Gasteiger partial charge >= 0.3 is 11.9 Å². The number of ether oxygens (including phenoxy) is 7. The average Bonchev–Trinajstić information content (AvgIpc) is 3.13. The summed E-state index contributed by atoms with van der Waals surface area (Å²) in [4.78, 5) is 34.4. The number of oxime groups is 1. The van der Waals surface area contributed by atoms with Crippen LogP contribution in [0.2, 0.25) is 0 Å². The van der Waals surface area contributed by atoms with Crippen LogP contribution in [0.25, 0.3) is 0 Å². The van der Waals surface area contributed by atoms with Gasteiger partial charge < -0.3 is 68.4 Å². The second-order valence-corrected chi connectivity index (χ2v) is 19.4. The predicted molar refractivity (Wildman–Crippen MR) is 220 cm³/mol. The summed E-state index contributed by atoms with van der Waals surface area (Å²) >= 11 is 0. The van der Waals surface area contributed by atoms with Crippen LogP contribution in [0.3, 0.4) is 0 Å².